The monoisotopic (exact) mass is 417 g/mol. The number of benzene rings is 2. The third kappa shape index (κ3) is 5.26. The van der Waals surface area contributed by atoms with Crippen LogP contribution >= 0.6 is 0 Å². The molecule has 3 rings (SSSR count). The quantitative estimate of drug-likeness (QED) is 0.489. The first-order valence-electron chi connectivity index (χ1n) is 10.0. The molecule has 0 aliphatic rings. The maximum Gasteiger partial charge on any atom is 0.255 e. The number of hydrogen-bond donors (Lipinski definition) is 4. The molecule has 0 spiro atoms. The molecule has 0 radical (unpaired) electrons. The molecule has 1 atom stereocenters. The number of hydrogen-bond acceptors (Lipinski definition) is 5. The molecule has 0 bridgehead atoms. The second-order valence-electron chi connectivity index (χ2n) is 7.69. The van der Waals surface area contributed by atoms with Gasteiger partial charge in [0.2, 0.25) is 5.91 Å². The van der Waals surface area contributed by atoms with Crippen molar-refractivity contribution in [1.82, 2.24) is 10.3 Å². The van der Waals surface area contributed by atoms with E-state index >= 15 is 0 Å². The van der Waals surface area contributed by atoms with Crippen LogP contribution in [0.2, 0.25) is 0 Å². The van der Waals surface area contributed by atoms with E-state index in [2.05, 4.69) is 15.6 Å². The zero-order valence-electron chi connectivity index (χ0n) is 17.8. The Morgan fingerprint density at radius 1 is 1.03 bits per heavy atom. The Morgan fingerprint density at radius 2 is 1.74 bits per heavy atom. The molecule has 2 aromatic carbocycles. The molecule has 2 amide bonds. The maximum atomic E-state index is 12.5. The van der Waals surface area contributed by atoms with Gasteiger partial charge in [-0.05, 0) is 55.7 Å². The van der Waals surface area contributed by atoms with Crippen molar-refractivity contribution in [3.63, 3.8) is 0 Å². The standard InChI is InChI=1S/C24H27N5O2/c1-14(2)28-23(30)20-12-17(13-27-22(20)26)19-10-9-18(11-15(19)3)29-24(31)21(25)16-7-5-4-6-8-16/h4-14,21H,25H2,1-3H3,(H2,26,27)(H,28,30)(H,29,31)/t21-/m1/s1. The number of pyridine rings is 1. The second kappa shape index (κ2) is 9.40. The van der Waals surface area contributed by atoms with Crippen molar-refractivity contribution in [2.75, 3.05) is 11.1 Å². The van der Waals surface area contributed by atoms with Crippen LogP contribution in [0.1, 0.15) is 41.4 Å². The number of carbonyl (C=O) groups excluding carboxylic acids is 2. The molecule has 1 aromatic heterocycles. The van der Waals surface area contributed by atoms with E-state index in [0.717, 1.165) is 22.3 Å². The number of aryl methyl sites for hydroxylation is 1. The van der Waals surface area contributed by atoms with Crippen molar-refractivity contribution >= 4 is 23.3 Å². The van der Waals surface area contributed by atoms with Crippen LogP contribution < -0.4 is 22.1 Å². The summed E-state index contributed by atoms with van der Waals surface area (Å²) in [7, 11) is 0. The lowest BCUT2D eigenvalue weighted by Crippen LogP contribution is -2.30. The van der Waals surface area contributed by atoms with Crippen LogP contribution in [0.25, 0.3) is 11.1 Å². The van der Waals surface area contributed by atoms with Crippen molar-refractivity contribution in [1.29, 1.82) is 0 Å². The lowest BCUT2D eigenvalue weighted by Gasteiger charge is -2.15. The molecule has 0 saturated carbocycles. The van der Waals surface area contributed by atoms with Gasteiger partial charge in [-0.25, -0.2) is 4.98 Å². The minimum atomic E-state index is -0.760. The van der Waals surface area contributed by atoms with E-state index in [9.17, 15) is 9.59 Å². The molecular formula is C24H27N5O2. The lowest BCUT2D eigenvalue weighted by atomic mass is 9.99. The topological polar surface area (TPSA) is 123 Å². The van der Waals surface area contributed by atoms with Crippen LogP contribution in [0, 0.1) is 6.92 Å². The van der Waals surface area contributed by atoms with Crippen LogP contribution in [0.4, 0.5) is 11.5 Å². The van der Waals surface area contributed by atoms with Gasteiger partial charge in [0.1, 0.15) is 11.9 Å². The summed E-state index contributed by atoms with van der Waals surface area (Å²) in [4.78, 5) is 29.1. The fraction of sp³-hybridized carbons (Fsp3) is 0.208. The predicted octanol–water partition coefficient (Wildman–Crippen LogP) is 3.42. The minimum absolute atomic E-state index is 0.0116. The third-order valence-electron chi connectivity index (χ3n) is 4.83. The van der Waals surface area contributed by atoms with E-state index in [0.29, 0.717) is 11.3 Å². The molecule has 31 heavy (non-hydrogen) atoms. The number of nitrogen functional groups attached to an aromatic ring is 1. The highest BCUT2D eigenvalue weighted by molar-refractivity contribution is 6.00. The van der Waals surface area contributed by atoms with E-state index < -0.39 is 6.04 Å². The second-order valence-corrected chi connectivity index (χ2v) is 7.69. The summed E-state index contributed by atoms with van der Waals surface area (Å²) >= 11 is 0. The van der Waals surface area contributed by atoms with Gasteiger partial charge in [-0.15, -0.1) is 0 Å². The van der Waals surface area contributed by atoms with Gasteiger partial charge in [0.25, 0.3) is 5.91 Å². The van der Waals surface area contributed by atoms with Crippen LogP contribution in [-0.4, -0.2) is 22.8 Å². The first-order valence-corrected chi connectivity index (χ1v) is 10.0. The van der Waals surface area contributed by atoms with Gasteiger partial charge < -0.3 is 22.1 Å². The van der Waals surface area contributed by atoms with Gasteiger partial charge in [0.15, 0.2) is 0 Å². The highest BCUT2D eigenvalue weighted by Crippen LogP contribution is 2.28. The smallest absolute Gasteiger partial charge is 0.255 e. The zero-order valence-corrected chi connectivity index (χ0v) is 17.8. The van der Waals surface area contributed by atoms with Crippen LogP contribution in [0.3, 0.4) is 0 Å². The Hall–Kier alpha value is -3.71. The number of nitrogens with zero attached hydrogens (tertiary/aromatic N) is 1. The summed E-state index contributed by atoms with van der Waals surface area (Å²) in [5.41, 5.74) is 16.2. The molecule has 0 unspecified atom stereocenters. The van der Waals surface area contributed by atoms with E-state index in [-0.39, 0.29) is 23.7 Å². The number of nitrogens with two attached hydrogens (primary N) is 2. The van der Waals surface area contributed by atoms with Crippen LogP contribution in [-0.2, 0) is 4.79 Å². The molecule has 0 aliphatic heterocycles. The van der Waals surface area contributed by atoms with Crippen molar-refractivity contribution < 1.29 is 9.59 Å². The zero-order chi connectivity index (χ0) is 22.5. The molecule has 7 heteroatoms. The highest BCUT2D eigenvalue weighted by atomic mass is 16.2. The van der Waals surface area contributed by atoms with E-state index in [4.69, 9.17) is 11.5 Å². The highest BCUT2D eigenvalue weighted by Gasteiger charge is 2.17. The fourth-order valence-corrected chi connectivity index (χ4v) is 3.24. The van der Waals surface area contributed by atoms with Crippen LogP contribution in [0.5, 0.6) is 0 Å². The number of carbonyl (C=O) groups is 2. The molecule has 0 aliphatic carbocycles. The molecule has 0 saturated heterocycles. The number of rotatable bonds is 6. The van der Waals surface area contributed by atoms with Gasteiger partial charge in [-0.3, -0.25) is 9.59 Å². The molecule has 3 aromatic rings. The average molecular weight is 418 g/mol. The summed E-state index contributed by atoms with van der Waals surface area (Å²) in [6.07, 6.45) is 1.63. The normalized spacial score (nSPS) is 11.8. The van der Waals surface area contributed by atoms with Crippen molar-refractivity contribution in [2.24, 2.45) is 5.73 Å². The molecule has 7 nitrogen and oxygen atoms in total. The molecule has 1 heterocycles. The van der Waals surface area contributed by atoms with Gasteiger partial charge in [0.05, 0.1) is 5.56 Å². The van der Waals surface area contributed by atoms with Crippen molar-refractivity contribution in [3.8, 4) is 11.1 Å². The molecule has 6 N–H and O–H groups in total. The number of anilines is 2. The van der Waals surface area contributed by atoms with E-state index in [1.54, 1.807) is 18.3 Å². The number of aromatic nitrogens is 1. The third-order valence-corrected chi connectivity index (χ3v) is 4.83. The number of amides is 2. The Bertz CT molecular complexity index is 1100. The molecule has 0 fully saturated rings. The summed E-state index contributed by atoms with van der Waals surface area (Å²) in [6.45, 7) is 5.69. The van der Waals surface area contributed by atoms with Crippen molar-refractivity contribution in [3.05, 3.63) is 77.5 Å². The Kier molecular flexibility index (Phi) is 6.67. The molecular weight excluding hydrogens is 390 g/mol. The summed E-state index contributed by atoms with van der Waals surface area (Å²) < 4.78 is 0. The minimum Gasteiger partial charge on any atom is -0.383 e. The van der Waals surface area contributed by atoms with Crippen LogP contribution in [0.15, 0.2) is 60.8 Å². The van der Waals surface area contributed by atoms with Gasteiger partial charge >= 0.3 is 0 Å². The Morgan fingerprint density at radius 3 is 2.39 bits per heavy atom. The Labute approximate surface area is 181 Å². The van der Waals surface area contributed by atoms with Gasteiger partial charge in [-0.2, -0.15) is 0 Å². The average Bonchev–Trinajstić information content (AvgIpc) is 2.74. The van der Waals surface area contributed by atoms with E-state index in [1.165, 1.54) is 0 Å². The summed E-state index contributed by atoms with van der Waals surface area (Å²) in [5, 5.41) is 5.69. The van der Waals surface area contributed by atoms with E-state index in [1.807, 2.05) is 63.2 Å². The first-order chi connectivity index (χ1) is 14.8. The largest absolute Gasteiger partial charge is 0.383 e. The lowest BCUT2D eigenvalue weighted by molar-refractivity contribution is -0.117. The molecule has 160 valence electrons. The van der Waals surface area contributed by atoms with Gasteiger partial charge in [-0.1, -0.05) is 36.4 Å². The Balaban J connectivity index is 1.81. The maximum absolute atomic E-state index is 12.5. The SMILES string of the molecule is Cc1cc(NC(=O)[C@H](N)c2ccccc2)ccc1-c1cnc(N)c(C(=O)NC(C)C)c1. The predicted molar refractivity (Wildman–Crippen MR) is 123 cm³/mol. The number of nitrogens with one attached hydrogen (secondary N) is 2. The summed E-state index contributed by atoms with van der Waals surface area (Å²) in [5.74, 6) is -0.378. The fourth-order valence-electron chi connectivity index (χ4n) is 3.24. The van der Waals surface area contributed by atoms with Crippen molar-refractivity contribution in [2.45, 2.75) is 32.9 Å². The van der Waals surface area contributed by atoms with Gasteiger partial charge in [0, 0.05) is 23.5 Å². The summed E-state index contributed by atoms with van der Waals surface area (Å²) in [6, 6.07) is 15.7. The first kappa shape index (κ1) is 22.0.